The topological polar surface area (TPSA) is 63.9 Å². The quantitative estimate of drug-likeness (QED) is 0.756. The molecule has 5 heteroatoms. The van der Waals surface area contributed by atoms with Gasteiger partial charge in [-0.05, 0) is 47.9 Å². The summed E-state index contributed by atoms with van der Waals surface area (Å²) in [6.07, 6.45) is 1.47. The molecule has 0 unspecified atom stereocenters. The first-order valence-electron chi connectivity index (χ1n) is 9.57. The molecule has 1 heterocycles. The molecule has 0 bridgehead atoms. The number of β-amino-alcohol motifs (C(OH)–C–C–N with tert-alkyl or cyclic N) is 1. The number of phenolic OH excluding ortho intramolecular Hbond substituents is 1. The van der Waals surface area contributed by atoms with Crippen molar-refractivity contribution >= 4 is 0 Å². The molecule has 4 nitrogen and oxygen atoms in total. The number of halogens is 1. The van der Waals surface area contributed by atoms with E-state index in [-0.39, 0.29) is 0 Å². The van der Waals surface area contributed by atoms with Crippen LogP contribution in [-0.2, 0) is 6.42 Å². The molecule has 2 aliphatic rings. The Balaban J connectivity index is 1.33. The molecular weight excluding hydrogens is 345 g/mol. The molecule has 2 aromatic carbocycles. The third kappa shape index (κ3) is 4.00. The fourth-order valence-electron chi connectivity index (χ4n) is 4.91. The average molecular weight is 371 g/mol. The number of aromatic hydroxyl groups is 1. The molecule has 1 aliphatic heterocycles. The summed E-state index contributed by atoms with van der Waals surface area (Å²) in [5, 5.41) is 30.7. The molecule has 4 rings (SSSR count). The molecule has 0 amide bonds. The molecule has 2 fully saturated rings. The first kappa shape index (κ1) is 18.4. The fourth-order valence-corrected chi connectivity index (χ4v) is 4.91. The van der Waals surface area contributed by atoms with Crippen molar-refractivity contribution in [1.82, 2.24) is 4.90 Å². The van der Waals surface area contributed by atoms with Gasteiger partial charge in [-0.25, -0.2) is 4.39 Å². The van der Waals surface area contributed by atoms with E-state index in [1.54, 1.807) is 6.07 Å². The molecule has 0 spiro atoms. The zero-order valence-corrected chi connectivity index (χ0v) is 15.3. The number of aliphatic hydroxyl groups is 2. The van der Waals surface area contributed by atoms with E-state index < -0.39 is 23.3 Å². The van der Waals surface area contributed by atoms with Gasteiger partial charge in [-0.1, -0.05) is 36.4 Å². The minimum atomic E-state index is -0.790. The van der Waals surface area contributed by atoms with E-state index in [9.17, 15) is 19.7 Å². The smallest absolute Gasteiger partial charge is 0.165 e. The van der Waals surface area contributed by atoms with Crippen LogP contribution in [0.3, 0.4) is 0 Å². The van der Waals surface area contributed by atoms with Gasteiger partial charge >= 0.3 is 0 Å². The highest BCUT2D eigenvalue weighted by Crippen LogP contribution is 2.45. The van der Waals surface area contributed by atoms with Gasteiger partial charge in [0.15, 0.2) is 11.6 Å². The third-order valence-electron chi connectivity index (χ3n) is 6.10. The van der Waals surface area contributed by atoms with Crippen LogP contribution in [0, 0.1) is 17.7 Å². The predicted octanol–water partition coefficient (Wildman–Crippen LogP) is 2.88. The molecule has 27 heavy (non-hydrogen) atoms. The Morgan fingerprint density at radius 3 is 2.37 bits per heavy atom. The SMILES string of the molecule is Oc1ccc([C@H](O)CN2C[C@@H]3C[C@](O)(Cc4ccccc4)C[C@@H]3C2)cc1F. The molecule has 1 saturated heterocycles. The Kier molecular flexibility index (Phi) is 4.93. The van der Waals surface area contributed by atoms with Crippen molar-refractivity contribution in [1.29, 1.82) is 0 Å². The number of nitrogens with zero attached hydrogens (tertiary/aromatic N) is 1. The zero-order valence-electron chi connectivity index (χ0n) is 15.3. The Morgan fingerprint density at radius 1 is 1.07 bits per heavy atom. The van der Waals surface area contributed by atoms with Crippen LogP contribution in [-0.4, -0.2) is 45.5 Å². The lowest BCUT2D eigenvalue weighted by atomic mass is 9.91. The molecule has 144 valence electrons. The number of hydrogen-bond donors (Lipinski definition) is 3. The van der Waals surface area contributed by atoms with E-state index >= 15 is 0 Å². The first-order chi connectivity index (χ1) is 12.9. The summed E-state index contributed by atoms with van der Waals surface area (Å²) in [6, 6.07) is 14.1. The van der Waals surface area contributed by atoms with E-state index in [0.717, 1.165) is 25.9 Å². The van der Waals surface area contributed by atoms with Crippen LogP contribution >= 0.6 is 0 Å². The number of benzene rings is 2. The van der Waals surface area contributed by atoms with E-state index in [1.807, 2.05) is 18.2 Å². The van der Waals surface area contributed by atoms with Crippen LogP contribution in [0.1, 0.15) is 30.1 Å². The van der Waals surface area contributed by atoms with E-state index in [1.165, 1.54) is 17.7 Å². The summed E-state index contributed by atoms with van der Waals surface area (Å²) >= 11 is 0. The Morgan fingerprint density at radius 2 is 1.74 bits per heavy atom. The molecule has 4 atom stereocenters. The summed E-state index contributed by atoms with van der Waals surface area (Å²) in [5.41, 5.74) is 1.01. The van der Waals surface area contributed by atoms with Crippen molar-refractivity contribution < 1.29 is 19.7 Å². The first-order valence-corrected chi connectivity index (χ1v) is 9.57. The molecule has 2 aromatic rings. The molecule has 0 aromatic heterocycles. The van der Waals surface area contributed by atoms with Gasteiger partial charge in [-0.2, -0.15) is 0 Å². The van der Waals surface area contributed by atoms with Crippen molar-refractivity contribution in [2.75, 3.05) is 19.6 Å². The monoisotopic (exact) mass is 371 g/mol. The van der Waals surface area contributed by atoms with Crippen molar-refractivity contribution in [3.63, 3.8) is 0 Å². The average Bonchev–Trinajstić information content (AvgIpc) is 3.11. The second kappa shape index (κ2) is 7.23. The predicted molar refractivity (Wildman–Crippen MR) is 101 cm³/mol. The van der Waals surface area contributed by atoms with Crippen LogP contribution < -0.4 is 0 Å². The number of hydrogen-bond acceptors (Lipinski definition) is 4. The molecule has 0 radical (unpaired) electrons. The Labute approximate surface area is 158 Å². The van der Waals surface area contributed by atoms with Gasteiger partial charge in [0.2, 0.25) is 0 Å². The largest absolute Gasteiger partial charge is 0.505 e. The zero-order chi connectivity index (χ0) is 19.0. The summed E-state index contributed by atoms with van der Waals surface area (Å²) in [5.74, 6) is -0.250. The maximum Gasteiger partial charge on any atom is 0.165 e. The van der Waals surface area contributed by atoms with Crippen LogP contribution in [0.4, 0.5) is 4.39 Å². The van der Waals surface area contributed by atoms with Gasteiger partial charge < -0.3 is 15.3 Å². The highest BCUT2D eigenvalue weighted by molar-refractivity contribution is 5.29. The van der Waals surface area contributed by atoms with Gasteiger partial charge in [-0.15, -0.1) is 0 Å². The number of rotatable bonds is 5. The van der Waals surface area contributed by atoms with Gasteiger partial charge in [0.05, 0.1) is 11.7 Å². The second-order valence-corrected chi connectivity index (χ2v) is 8.26. The number of fused-ring (bicyclic) bond motifs is 1. The van der Waals surface area contributed by atoms with Crippen molar-refractivity contribution in [3.05, 3.63) is 65.5 Å². The van der Waals surface area contributed by atoms with Crippen LogP contribution in [0.2, 0.25) is 0 Å². The second-order valence-electron chi connectivity index (χ2n) is 8.26. The lowest BCUT2D eigenvalue weighted by molar-refractivity contribution is 0.0328. The minimum absolute atomic E-state index is 0.403. The molecule has 1 saturated carbocycles. The summed E-state index contributed by atoms with van der Waals surface area (Å²) in [6.45, 7) is 2.13. The highest BCUT2D eigenvalue weighted by atomic mass is 19.1. The molecule has 3 N–H and O–H groups in total. The van der Waals surface area contributed by atoms with E-state index in [4.69, 9.17) is 0 Å². The van der Waals surface area contributed by atoms with Crippen molar-refractivity contribution in [3.8, 4) is 5.75 Å². The van der Waals surface area contributed by atoms with E-state index in [0.29, 0.717) is 30.4 Å². The molecular formula is C22H26FNO3. The lowest BCUT2D eigenvalue weighted by Gasteiger charge is -2.27. The minimum Gasteiger partial charge on any atom is -0.505 e. The normalized spacial score (nSPS) is 29.0. The van der Waals surface area contributed by atoms with Crippen molar-refractivity contribution in [2.45, 2.75) is 31.0 Å². The number of phenols is 1. The van der Waals surface area contributed by atoms with Gasteiger partial charge in [0, 0.05) is 26.1 Å². The van der Waals surface area contributed by atoms with Gasteiger partial charge in [0.1, 0.15) is 0 Å². The van der Waals surface area contributed by atoms with E-state index in [2.05, 4.69) is 17.0 Å². The van der Waals surface area contributed by atoms with Crippen LogP contribution in [0.5, 0.6) is 5.75 Å². The molecule has 1 aliphatic carbocycles. The maximum absolute atomic E-state index is 13.5. The Bertz CT molecular complexity index is 783. The van der Waals surface area contributed by atoms with Crippen molar-refractivity contribution in [2.24, 2.45) is 11.8 Å². The van der Waals surface area contributed by atoms with Crippen LogP contribution in [0.15, 0.2) is 48.5 Å². The maximum atomic E-state index is 13.5. The van der Waals surface area contributed by atoms with Crippen LogP contribution in [0.25, 0.3) is 0 Å². The van der Waals surface area contributed by atoms with Gasteiger partial charge in [0.25, 0.3) is 0 Å². The summed E-state index contributed by atoms with van der Waals surface area (Å²) in [4.78, 5) is 2.20. The third-order valence-corrected chi connectivity index (χ3v) is 6.10. The van der Waals surface area contributed by atoms with Gasteiger partial charge in [-0.3, -0.25) is 4.90 Å². The summed E-state index contributed by atoms with van der Waals surface area (Å²) in [7, 11) is 0. The number of aliphatic hydroxyl groups excluding tert-OH is 1. The summed E-state index contributed by atoms with van der Waals surface area (Å²) < 4.78 is 13.5. The Hall–Kier alpha value is -1.95. The lowest BCUT2D eigenvalue weighted by Crippen LogP contribution is -2.33. The standard InChI is InChI=1S/C22H26FNO3/c23-19-8-16(6-7-20(19)25)21(26)14-24-12-17-10-22(27,11-18(17)13-24)9-15-4-2-1-3-5-15/h1-8,17-18,21,25-27H,9-14H2/t17-,18+,21-,22+/m1/s1. The highest BCUT2D eigenvalue weighted by Gasteiger charge is 2.48. The fraction of sp³-hybridized carbons (Fsp3) is 0.455. The number of likely N-dealkylation sites (tertiary alicyclic amines) is 1.